The first-order chi connectivity index (χ1) is 5.90. The Morgan fingerprint density at radius 1 is 1.25 bits per heavy atom. The summed E-state index contributed by atoms with van der Waals surface area (Å²) in [5.74, 6) is 1.01. The minimum atomic E-state index is 0.911. The third-order valence-electron chi connectivity index (χ3n) is 3.39. The first kappa shape index (κ1) is 8.52. The number of likely N-dealkylation sites (tertiary alicyclic amines) is 1. The second kappa shape index (κ2) is 3.75. The minimum Gasteiger partial charge on any atom is -0.317 e. The smallest absolute Gasteiger partial charge is 0.0120 e. The molecular weight excluding hydrogens is 148 g/mol. The van der Waals surface area contributed by atoms with Crippen LogP contribution in [-0.4, -0.2) is 37.1 Å². The second-order valence-corrected chi connectivity index (χ2v) is 4.21. The van der Waals surface area contributed by atoms with E-state index in [1.54, 1.807) is 0 Å². The van der Waals surface area contributed by atoms with Crippen molar-refractivity contribution in [3.8, 4) is 0 Å². The zero-order chi connectivity index (χ0) is 8.39. The fourth-order valence-corrected chi connectivity index (χ4v) is 2.34. The van der Waals surface area contributed by atoms with Crippen molar-refractivity contribution in [2.24, 2.45) is 5.92 Å². The molecule has 0 saturated carbocycles. The molecule has 0 aromatic carbocycles. The predicted octanol–water partition coefficient (Wildman–Crippen LogP) is 1.08. The third kappa shape index (κ3) is 1.64. The van der Waals surface area contributed by atoms with Gasteiger partial charge in [0.05, 0.1) is 0 Å². The molecule has 1 N–H and O–H groups in total. The molecule has 2 rings (SSSR count). The molecule has 0 spiro atoms. The van der Waals surface area contributed by atoms with E-state index < -0.39 is 0 Å². The quantitative estimate of drug-likeness (QED) is 0.664. The number of piperidine rings is 1. The van der Waals surface area contributed by atoms with Crippen LogP contribution >= 0.6 is 0 Å². The minimum absolute atomic E-state index is 0.911. The molecule has 0 unspecified atom stereocenters. The van der Waals surface area contributed by atoms with E-state index in [1.165, 1.54) is 45.4 Å². The summed E-state index contributed by atoms with van der Waals surface area (Å²) in [5.41, 5.74) is 0. The highest BCUT2D eigenvalue weighted by atomic mass is 15.2. The topological polar surface area (TPSA) is 15.3 Å². The van der Waals surface area contributed by atoms with E-state index in [-0.39, 0.29) is 0 Å². The third-order valence-corrected chi connectivity index (χ3v) is 3.39. The molecule has 2 nitrogen and oxygen atoms in total. The lowest BCUT2D eigenvalue weighted by atomic mass is 9.92. The number of hydrogen-bond acceptors (Lipinski definition) is 2. The maximum atomic E-state index is 3.42. The molecule has 0 aromatic rings. The normalized spacial score (nSPS) is 28.8. The van der Waals surface area contributed by atoms with Crippen LogP contribution in [0.2, 0.25) is 0 Å². The van der Waals surface area contributed by atoms with E-state index in [4.69, 9.17) is 0 Å². The van der Waals surface area contributed by atoms with Gasteiger partial charge >= 0.3 is 0 Å². The molecule has 70 valence electrons. The Morgan fingerprint density at radius 3 is 2.50 bits per heavy atom. The van der Waals surface area contributed by atoms with Crippen LogP contribution in [0.4, 0.5) is 0 Å². The number of nitrogens with zero attached hydrogens (tertiary/aromatic N) is 1. The molecule has 0 amide bonds. The predicted molar refractivity (Wildman–Crippen MR) is 51.2 cm³/mol. The molecule has 2 aliphatic heterocycles. The van der Waals surface area contributed by atoms with E-state index in [2.05, 4.69) is 17.1 Å². The van der Waals surface area contributed by atoms with Gasteiger partial charge in [0.1, 0.15) is 0 Å². The van der Waals surface area contributed by atoms with Crippen LogP contribution in [0.1, 0.15) is 26.2 Å². The summed E-state index contributed by atoms with van der Waals surface area (Å²) in [6, 6.07) is 0.911. The molecule has 2 fully saturated rings. The molecule has 2 aliphatic rings. The number of nitrogens with one attached hydrogen (secondary N) is 1. The van der Waals surface area contributed by atoms with Crippen LogP contribution in [0.25, 0.3) is 0 Å². The molecule has 12 heavy (non-hydrogen) atoms. The highest BCUT2D eigenvalue weighted by molar-refractivity contribution is 4.86. The Bertz CT molecular complexity index is 135. The summed E-state index contributed by atoms with van der Waals surface area (Å²) in [7, 11) is 0. The Labute approximate surface area is 75.3 Å². The summed E-state index contributed by atoms with van der Waals surface area (Å²) < 4.78 is 0. The lowest BCUT2D eigenvalue weighted by Gasteiger charge is -2.45. The van der Waals surface area contributed by atoms with Gasteiger partial charge in [-0.3, -0.25) is 4.90 Å². The number of hydrogen-bond donors (Lipinski definition) is 1. The highest BCUT2D eigenvalue weighted by Crippen LogP contribution is 2.24. The fourth-order valence-electron chi connectivity index (χ4n) is 2.34. The van der Waals surface area contributed by atoms with E-state index >= 15 is 0 Å². The van der Waals surface area contributed by atoms with Gasteiger partial charge in [-0.1, -0.05) is 13.3 Å². The van der Waals surface area contributed by atoms with Crippen molar-refractivity contribution in [2.45, 2.75) is 32.2 Å². The van der Waals surface area contributed by atoms with Crippen molar-refractivity contribution < 1.29 is 0 Å². The molecule has 0 aromatic heterocycles. The molecule has 0 bridgehead atoms. The monoisotopic (exact) mass is 168 g/mol. The highest BCUT2D eigenvalue weighted by Gasteiger charge is 2.31. The van der Waals surface area contributed by atoms with E-state index in [0.29, 0.717) is 0 Å². The molecular formula is C10H20N2. The van der Waals surface area contributed by atoms with Crippen molar-refractivity contribution in [2.75, 3.05) is 26.2 Å². The van der Waals surface area contributed by atoms with E-state index in [9.17, 15) is 0 Å². The van der Waals surface area contributed by atoms with Crippen molar-refractivity contribution in [3.63, 3.8) is 0 Å². The first-order valence-corrected chi connectivity index (χ1v) is 5.35. The maximum Gasteiger partial charge on any atom is 0.0120 e. The molecule has 0 radical (unpaired) electrons. The van der Waals surface area contributed by atoms with Crippen LogP contribution in [0.3, 0.4) is 0 Å². The Morgan fingerprint density at radius 2 is 1.92 bits per heavy atom. The largest absolute Gasteiger partial charge is 0.317 e. The summed E-state index contributed by atoms with van der Waals surface area (Å²) >= 11 is 0. The average molecular weight is 168 g/mol. The summed E-state index contributed by atoms with van der Waals surface area (Å²) in [5, 5.41) is 3.42. The Kier molecular flexibility index (Phi) is 2.66. The molecule has 0 aliphatic carbocycles. The SMILES string of the molecule is CCC1CN(C2CCNCC2)C1. The summed E-state index contributed by atoms with van der Waals surface area (Å²) in [6.07, 6.45) is 4.12. The number of rotatable bonds is 2. The Balaban J connectivity index is 1.72. The fraction of sp³-hybridized carbons (Fsp3) is 1.00. The van der Waals surface area contributed by atoms with E-state index in [0.717, 1.165) is 12.0 Å². The van der Waals surface area contributed by atoms with Gasteiger partial charge in [0.2, 0.25) is 0 Å². The van der Waals surface area contributed by atoms with Gasteiger partial charge in [-0.15, -0.1) is 0 Å². The van der Waals surface area contributed by atoms with Gasteiger partial charge < -0.3 is 5.32 Å². The molecule has 0 atom stereocenters. The van der Waals surface area contributed by atoms with Crippen molar-refractivity contribution >= 4 is 0 Å². The van der Waals surface area contributed by atoms with Crippen LogP contribution in [-0.2, 0) is 0 Å². The molecule has 2 saturated heterocycles. The van der Waals surface area contributed by atoms with Gasteiger partial charge in [-0.25, -0.2) is 0 Å². The van der Waals surface area contributed by atoms with Gasteiger partial charge in [-0.05, 0) is 31.8 Å². The zero-order valence-corrected chi connectivity index (χ0v) is 8.05. The summed E-state index contributed by atoms with van der Waals surface area (Å²) in [4.78, 5) is 2.68. The lowest BCUT2D eigenvalue weighted by molar-refractivity contribution is 0.0367. The van der Waals surface area contributed by atoms with Crippen molar-refractivity contribution in [1.29, 1.82) is 0 Å². The lowest BCUT2D eigenvalue weighted by Crippen LogP contribution is -2.54. The van der Waals surface area contributed by atoms with Crippen LogP contribution in [0, 0.1) is 5.92 Å². The van der Waals surface area contributed by atoms with Crippen LogP contribution in [0.15, 0.2) is 0 Å². The van der Waals surface area contributed by atoms with Crippen LogP contribution in [0.5, 0.6) is 0 Å². The zero-order valence-electron chi connectivity index (χ0n) is 8.05. The Hall–Kier alpha value is -0.0800. The standard InChI is InChI=1S/C10H20N2/c1-2-9-7-12(8-9)10-3-5-11-6-4-10/h9-11H,2-8H2,1H3. The molecule has 2 heterocycles. The van der Waals surface area contributed by atoms with Gasteiger partial charge in [-0.2, -0.15) is 0 Å². The second-order valence-electron chi connectivity index (χ2n) is 4.21. The van der Waals surface area contributed by atoms with Crippen molar-refractivity contribution in [1.82, 2.24) is 10.2 Å². The van der Waals surface area contributed by atoms with Gasteiger partial charge in [0.15, 0.2) is 0 Å². The molecule has 2 heteroatoms. The van der Waals surface area contributed by atoms with Crippen molar-refractivity contribution in [3.05, 3.63) is 0 Å². The maximum absolute atomic E-state index is 3.42. The van der Waals surface area contributed by atoms with Gasteiger partial charge in [0, 0.05) is 19.1 Å². The van der Waals surface area contributed by atoms with E-state index in [1.807, 2.05) is 0 Å². The van der Waals surface area contributed by atoms with Gasteiger partial charge in [0.25, 0.3) is 0 Å². The van der Waals surface area contributed by atoms with Crippen LogP contribution < -0.4 is 5.32 Å². The first-order valence-electron chi connectivity index (χ1n) is 5.35. The summed E-state index contributed by atoms with van der Waals surface area (Å²) in [6.45, 7) is 7.53. The average Bonchev–Trinajstić information content (AvgIpc) is 2.04.